The van der Waals surface area contributed by atoms with Gasteiger partial charge in [0, 0.05) is 12.8 Å². The number of aliphatic hydroxyl groups is 3. The molecule has 5 nitrogen and oxygen atoms in total. The molecular formula is C18H30O5. The molecule has 0 atom stereocenters. The van der Waals surface area contributed by atoms with Crippen molar-refractivity contribution in [3.63, 3.8) is 0 Å². The van der Waals surface area contributed by atoms with Gasteiger partial charge in [-0.3, -0.25) is 9.59 Å². The molecule has 0 saturated heterocycles. The van der Waals surface area contributed by atoms with Crippen LogP contribution in [0.5, 0.6) is 0 Å². The Morgan fingerprint density at radius 3 is 1.87 bits per heavy atom. The molecule has 23 heavy (non-hydrogen) atoms. The van der Waals surface area contributed by atoms with E-state index in [1.165, 1.54) is 0 Å². The number of carbonyl (C=O) groups excluding carboxylic acids is 2. The van der Waals surface area contributed by atoms with Crippen molar-refractivity contribution in [2.45, 2.75) is 47.0 Å². The van der Waals surface area contributed by atoms with Gasteiger partial charge in [0.25, 0.3) is 0 Å². The monoisotopic (exact) mass is 326 g/mol. The van der Waals surface area contributed by atoms with Crippen molar-refractivity contribution in [1.29, 1.82) is 0 Å². The van der Waals surface area contributed by atoms with Gasteiger partial charge in [-0.25, -0.2) is 0 Å². The molecular weight excluding hydrogens is 296 g/mol. The number of ketones is 2. The fourth-order valence-electron chi connectivity index (χ4n) is 1.92. The van der Waals surface area contributed by atoms with Crippen LogP contribution in [0.2, 0.25) is 0 Å². The smallest absolute Gasteiger partial charge is 0.177 e. The molecule has 132 valence electrons. The summed E-state index contributed by atoms with van der Waals surface area (Å²) >= 11 is 0. The highest BCUT2D eigenvalue weighted by molar-refractivity contribution is 6.09. The Morgan fingerprint density at radius 1 is 1.00 bits per heavy atom. The van der Waals surface area contributed by atoms with E-state index in [1.807, 2.05) is 27.7 Å². The van der Waals surface area contributed by atoms with E-state index in [9.17, 15) is 19.8 Å². The van der Waals surface area contributed by atoms with E-state index in [1.54, 1.807) is 0 Å². The van der Waals surface area contributed by atoms with Gasteiger partial charge in [-0.1, -0.05) is 27.7 Å². The molecule has 3 N–H and O–H groups in total. The predicted octanol–water partition coefficient (Wildman–Crippen LogP) is 3.66. The average molecular weight is 326 g/mol. The zero-order valence-corrected chi connectivity index (χ0v) is 14.6. The van der Waals surface area contributed by atoms with Crippen LogP contribution in [0.3, 0.4) is 0 Å². The van der Waals surface area contributed by atoms with Crippen molar-refractivity contribution in [2.24, 2.45) is 11.8 Å². The van der Waals surface area contributed by atoms with E-state index in [2.05, 4.69) is 13.2 Å². The number of hydrogen-bond acceptors (Lipinski definition) is 5. The fraction of sp³-hybridized carbons (Fsp3) is 0.556. The standard InChI is InChI=1S/C16H26O5.C2H4/c1-10(2)7-12(18)9-15(21)16(13(19)5-6-17)14(20)8-11(3)4;1-2/h5,10-11,17,19-20H,6-9H2,1-4H3;1-2H2/b13-5+,16-14-;. The van der Waals surface area contributed by atoms with Crippen molar-refractivity contribution in [1.82, 2.24) is 0 Å². The van der Waals surface area contributed by atoms with E-state index in [0.29, 0.717) is 0 Å². The molecule has 0 heterocycles. The van der Waals surface area contributed by atoms with Crippen molar-refractivity contribution in [3.8, 4) is 0 Å². The summed E-state index contributed by atoms with van der Waals surface area (Å²) in [5, 5.41) is 28.6. The van der Waals surface area contributed by atoms with Crippen LogP contribution in [0.25, 0.3) is 0 Å². The van der Waals surface area contributed by atoms with Crippen LogP contribution >= 0.6 is 0 Å². The van der Waals surface area contributed by atoms with Crippen molar-refractivity contribution < 1.29 is 24.9 Å². The molecule has 0 aliphatic heterocycles. The minimum atomic E-state index is -0.624. The summed E-state index contributed by atoms with van der Waals surface area (Å²) in [4.78, 5) is 23.9. The Kier molecular flexibility index (Phi) is 12.9. The summed E-state index contributed by atoms with van der Waals surface area (Å²) in [6.45, 7) is 13.0. The second-order valence-electron chi connectivity index (χ2n) is 5.93. The number of allylic oxidation sites excluding steroid dienone is 2. The Hall–Kier alpha value is -1.88. The molecule has 0 radical (unpaired) electrons. The van der Waals surface area contributed by atoms with Gasteiger partial charge >= 0.3 is 0 Å². The lowest BCUT2D eigenvalue weighted by Gasteiger charge is -2.11. The lowest BCUT2D eigenvalue weighted by molar-refractivity contribution is -0.125. The molecule has 0 bridgehead atoms. The van der Waals surface area contributed by atoms with Crippen molar-refractivity contribution in [2.75, 3.05) is 6.61 Å². The van der Waals surface area contributed by atoms with Crippen LogP contribution in [0.15, 0.2) is 36.3 Å². The summed E-state index contributed by atoms with van der Waals surface area (Å²) in [7, 11) is 0. The van der Waals surface area contributed by atoms with Crippen LogP contribution in [0, 0.1) is 11.8 Å². The average Bonchev–Trinajstić information content (AvgIpc) is 2.39. The normalized spacial score (nSPS) is 12.6. The molecule has 0 amide bonds. The molecule has 0 aromatic heterocycles. The summed E-state index contributed by atoms with van der Waals surface area (Å²) < 4.78 is 0. The zero-order chi connectivity index (χ0) is 18.6. The van der Waals surface area contributed by atoms with Gasteiger partial charge in [0.05, 0.1) is 18.6 Å². The number of hydrogen-bond donors (Lipinski definition) is 3. The van der Waals surface area contributed by atoms with E-state index >= 15 is 0 Å². The topological polar surface area (TPSA) is 94.8 Å². The highest BCUT2D eigenvalue weighted by Gasteiger charge is 2.22. The van der Waals surface area contributed by atoms with Gasteiger partial charge in [-0.2, -0.15) is 0 Å². The molecule has 0 fully saturated rings. The van der Waals surface area contributed by atoms with Crippen LogP contribution in [0.1, 0.15) is 47.0 Å². The third-order valence-electron chi connectivity index (χ3n) is 2.70. The molecule has 0 aliphatic rings. The molecule has 0 aromatic rings. The Morgan fingerprint density at radius 2 is 1.48 bits per heavy atom. The third kappa shape index (κ3) is 10.5. The van der Waals surface area contributed by atoms with Gasteiger partial charge in [0.15, 0.2) is 5.78 Å². The number of aliphatic hydroxyl groups excluding tert-OH is 3. The van der Waals surface area contributed by atoms with E-state index in [4.69, 9.17) is 5.11 Å². The third-order valence-corrected chi connectivity index (χ3v) is 2.70. The summed E-state index contributed by atoms with van der Waals surface area (Å²) in [6.07, 6.45) is 1.15. The van der Waals surface area contributed by atoms with Gasteiger partial charge in [-0.05, 0) is 17.9 Å². The lowest BCUT2D eigenvalue weighted by Crippen LogP contribution is -2.16. The van der Waals surface area contributed by atoms with Crippen LogP contribution in [-0.2, 0) is 9.59 Å². The number of rotatable bonds is 9. The summed E-state index contributed by atoms with van der Waals surface area (Å²) in [5.74, 6) is -1.38. The van der Waals surface area contributed by atoms with Gasteiger partial charge < -0.3 is 15.3 Å². The van der Waals surface area contributed by atoms with Gasteiger partial charge in [0.1, 0.15) is 17.3 Å². The summed E-state index contributed by atoms with van der Waals surface area (Å²) in [5.41, 5.74) is -0.269. The lowest BCUT2D eigenvalue weighted by atomic mass is 9.96. The molecule has 0 spiro atoms. The maximum atomic E-state index is 12.2. The first kappa shape index (κ1) is 23.4. The minimum absolute atomic E-state index is 0.0843. The van der Waals surface area contributed by atoms with Crippen molar-refractivity contribution in [3.05, 3.63) is 36.3 Å². The molecule has 0 saturated carbocycles. The minimum Gasteiger partial charge on any atom is -0.511 e. The largest absolute Gasteiger partial charge is 0.511 e. The first-order chi connectivity index (χ1) is 10.7. The van der Waals surface area contributed by atoms with Crippen LogP contribution in [-0.4, -0.2) is 33.5 Å². The number of Topliss-reactive ketones (excluding diaryl/α,β-unsaturated/α-hetero) is 2. The van der Waals surface area contributed by atoms with Gasteiger partial charge in [-0.15, -0.1) is 13.2 Å². The Labute approximate surface area is 139 Å². The molecule has 0 rings (SSSR count). The fourth-order valence-corrected chi connectivity index (χ4v) is 1.92. The van der Waals surface area contributed by atoms with Gasteiger partial charge in [0.2, 0.25) is 0 Å². The second kappa shape index (κ2) is 12.6. The number of carbonyl (C=O) groups is 2. The quantitative estimate of drug-likeness (QED) is 0.198. The molecule has 0 unspecified atom stereocenters. The highest BCUT2D eigenvalue weighted by atomic mass is 16.3. The second-order valence-corrected chi connectivity index (χ2v) is 5.93. The highest BCUT2D eigenvalue weighted by Crippen LogP contribution is 2.20. The van der Waals surface area contributed by atoms with Crippen molar-refractivity contribution >= 4 is 11.6 Å². The molecule has 0 aromatic carbocycles. The van der Waals surface area contributed by atoms with E-state index in [-0.39, 0.29) is 48.2 Å². The SMILES string of the molecule is C=C.CC(C)CC(=O)CC(=O)C(=C(\O)CC(C)C)/C(O)=C\CO. The van der Waals surface area contributed by atoms with Crippen LogP contribution < -0.4 is 0 Å². The Balaban J connectivity index is 0. The maximum Gasteiger partial charge on any atom is 0.177 e. The van der Waals surface area contributed by atoms with E-state index in [0.717, 1.165) is 6.08 Å². The molecule has 0 aliphatic carbocycles. The van der Waals surface area contributed by atoms with Crippen LogP contribution in [0.4, 0.5) is 0 Å². The maximum absolute atomic E-state index is 12.2. The summed E-state index contributed by atoms with van der Waals surface area (Å²) in [6, 6.07) is 0. The first-order valence-electron chi connectivity index (χ1n) is 7.66. The zero-order valence-electron chi connectivity index (χ0n) is 14.6. The first-order valence-corrected chi connectivity index (χ1v) is 7.66. The molecule has 5 heteroatoms. The predicted molar refractivity (Wildman–Crippen MR) is 92.2 cm³/mol. The Bertz CT molecular complexity index is 444. The van der Waals surface area contributed by atoms with E-state index < -0.39 is 18.1 Å².